The summed E-state index contributed by atoms with van der Waals surface area (Å²) in [4.78, 5) is 12.3. The number of nitrogens with one attached hydrogen (secondary N) is 2. The van der Waals surface area contributed by atoms with Gasteiger partial charge in [0.05, 0.1) is 7.11 Å². The molecular weight excluding hydrogens is 228 g/mol. The first-order valence-corrected chi connectivity index (χ1v) is 6.47. The minimum Gasteiger partial charge on any atom is -0.497 e. The van der Waals surface area contributed by atoms with Crippen LogP contribution in [0.5, 0.6) is 5.75 Å². The van der Waals surface area contributed by atoms with Crippen LogP contribution in [0.2, 0.25) is 0 Å². The SMILES string of the molecule is COc1ccc2c(c1)CCCC21NCCNC1=O. The number of amides is 1. The number of piperazine rings is 1. The number of methoxy groups -OCH3 is 1. The summed E-state index contributed by atoms with van der Waals surface area (Å²) in [5, 5.41) is 6.40. The minimum atomic E-state index is -0.516. The van der Waals surface area contributed by atoms with Crippen molar-refractivity contribution in [1.29, 1.82) is 0 Å². The molecule has 0 bridgehead atoms. The molecule has 1 aromatic rings. The Kier molecular flexibility index (Phi) is 2.74. The van der Waals surface area contributed by atoms with Crippen molar-refractivity contribution in [3.05, 3.63) is 29.3 Å². The van der Waals surface area contributed by atoms with Crippen molar-refractivity contribution in [1.82, 2.24) is 10.6 Å². The second kappa shape index (κ2) is 4.28. The molecule has 1 atom stereocenters. The molecule has 1 fully saturated rings. The first kappa shape index (κ1) is 11.5. The molecule has 1 amide bonds. The van der Waals surface area contributed by atoms with E-state index in [0.29, 0.717) is 6.54 Å². The molecule has 0 radical (unpaired) electrons. The topological polar surface area (TPSA) is 50.4 Å². The molecule has 1 unspecified atom stereocenters. The van der Waals surface area contributed by atoms with Crippen molar-refractivity contribution in [2.45, 2.75) is 24.8 Å². The van der Waals surface area contributed by atoms with E-state index in [1.807, 2.05) is 12.1 Å². The highest BCUT2D eigenvalue weighted by Crippen LogP contribution is 2.37. The van der Waals surface area contributed by atoms with Gasteiger partial charge in [-0.2, -0.15) is 0 Å². The first-order chi connectivity index (χ1) is 8.76. The van der Waals surface area contributed by atoms with E-state index in [-0.39, 0.29) is 5.91 Å². The van der Waals surface area contributed by atoms with Crippen LogP contribution in [-0.2, 0) is 16.8 Å². The number of aryl methyl sites for hydroxylation is 1. The maximum Gasteiger partial charge on any atom is 0.244 e. The summed E-state index contributed by atoms with van der Waals surface area (Å²) in [5.41, 5.74) is 1.83. The third kappa shape index (κ3) is 1.60. The van der Waals surface area contributed by atoms with Gasteiger partial charge in [0.1, 0.15) is 11.3 Å². The number of rotatable bonds is 1. The Morgan fingerprint density at radius 2 is 2.22 bits per heavy atom. The van der Waals surface area contributed by atoms with Gasteiger partial charge in [-0.1, -0.05) is 6.07 Å². The molecule has 1 saturated heterocycles. The highest BCUT2D eigenvalue weighted by molar-refractivity contribution is 5.89. The lowest BCUT2D eigenvalue weighted by Crippen LogP contribution is -2.62. The Bertz CT molecular complexity index is 487. The van der Waals surface area contributed by atoms with Crippen LogP contribution < -0.4 is 15.4 Å². The number of ether oxygens (including phenoxy) is 1. The van der Waals surface area contributed by atoms with E-state index in [9.17, 15) is 4.79 Å². The van der Waals surface area contributed by atoms with E-state index in [1.165, 1.54) is 5.56 Å². The monoisotopic (exact) mass is 246 g/mol. The van der Waals surface area contributed by atoms with E-state index >= 15 is 0 Å². The number of fused-ring (bicyclic) bond motifs is 2. The number of hydrogen-bond acceptors (Lipinski definition) is 3. The van der Waals surface area contributed by atoms with Crippen molar-refractivity contribution in [3.8, 4) is 5.75 Å². The quantitative estimate of drug-likeness (QED) is 0.775. The Morgan fingerprint density at radius 3 is 3.00 bits per heavy atom. The van der Waals surface area contributed by atoms with Crippen LogP contribution in [0.1, 0.15) is 24.0 Å². The molecule has 18 heavy (non-hydrogen) atoms. The Morgan fingerprint density at radius 1 is 1.33 bits per heavy atom. The molecule has 1 heterocycles. The average Bonchev–Trinajstić information content (AvgIpc) is 2.42. The van der Waals surface area contributed by atoms with E-state index in [0.717, 1.165) is 37.1 Å². The van der Waals surface area contributed by atoms with E-state index in [2.05, 4.69) is 16.7 Å². The molecular formula is C14H18N2O2. The number of hydrogen-bond donors (Lipinski definition) is 2. The molecule has 96 valence electrons. The van der Waals surface area contributed by atoms with E-state index in [4.69, 9.17) is 4.74 Å². The fourth-order valence-corrected chi connectivity index (χ4v) is 3.10. The van der Waals surface area contributed by atoms with E-state index < -0.39 is 5.54 Å². The normalized spacial score (nSPS) is 26.6. The van der Waals surface area contributed by atoms with Crippen LogP contribution in [0.15, 0.2) is 18.2 Å². The second-order valence-corrected chi connectivity index (χ2v) is 4.96. The summed E-state index contributed by atoms with van der Waals surface area (Å²) in [6.07, 6.45) is 2.92. The predicted octanol–water partition coefficient (Wildman–Crippen LogP) is 0.946. The van der Waals surface area contributed by atoms with Crippen LogP contribution in [-0.4, -0.2) is 26.1 Å². The Hall–Kier alpha value is -1.55. The highest BCUT2D eigenvalue weighted by Gasteiger charge is 2.44. The molecule has 3 rings (SSSR count). The predicted molar refractivity (Wildman–Crippen MR) is 68.6 cm³/mol. The maximum absolute atomic E-state index is 12.3. The van der Waals surface area contributed by atoms with Crippen LogP contribution in [0.4, 0.5) is 0 Å². The van der Waals surface area contributed by atoms with Crippen LogP contribution in [0, 0.1) is 0 Å². The molecule has 4 heteroatoms. The zero-order valence-corrected chi connectivity index (χ0v) is 10.6. The number of carbonyl (C=O) groups excluding carboxylic acids is 1. The lowest BCUT2D eigenvalue weighted by atomic mass is 9.75. The van der Waals surface area contributed by atoms with Gasteiger partial charge in [-0.15, -0.1) is 0 Å². The van der Waals surface area contributed by atoms with Gasteiger partial charge in [-0.3, -0.25) is 10.1 Å². The van der Waals surface area contributed by atoms with Gasteiger partial charge in [-0.25, -0.2) is 0 Å². The Balaban J connectivity index is 2.08. The third-order valence-electron chi connectivity index (χ3n) is 4.00. The van der Waals surface area contributed by atoms with Crippen molar-refractivity contribution in [2.75, 3.05) is 20.2 Å². The van der Waals surface area contributed by atoms with Gasteiger partial charge in [0.2, 0.25) is 5.91 Å². The Labute approximate surface area is 107 Å². The van der Waals surface area contributed by atoms with Crippen LogP contribution in [0.3, 0.4) is 0 Å². The van der Waals surface area contributed by atoms with Gasteiger partial charge in [0.25, 0.3) is 0 Å². The summed E-state index contributed by atoms with van der Waals surface area (Å²) < 4.78 is 5.26. The van der Waals surface area contributed by atoms with Crippen LogP contribution >= 0.6 is 0 Å². The lowest BCUT2D eigenvalue weighted by Gasteiger charge is -2.41. The van der Waals surface area contributed by atoms with Crippen molar-refractivity contribution in [3.63, 3.8) is 0 Å². The largest absolute Gasteiger partial charge is 0.497 e. The standard InChI is InChI=1S/C14H18N2O2/c1-18-11-4-5-12-10(9-11)3-2-6-14(12)13(17)15-7-8-16-14/h4-5,9,16H,2-3,6-8H2,1H3,(H,15,17). The van der Waals surface area contributed by atoms with Gasteiger partial charge in [-0.05, 0) is 42.5 Å². The fraction of sp³-hybridized carbons (Fsp3) is 0.500. The van der Waals surface area contributed by atoms with Gasteiger partial charge >= 0.3 is 0 Å². The third-order valence-corrected chi connectivity index (χ3v) is 4.00. The van der Waals surface area contributed by atoms with Crippen molar-refractivity contribution < 1.29 is 9.53 Å². The number of benzene rings is 1. The zero-order valence-electron chi connectivity index (χ0n) is 10.6. The molecule has 1 aliphatic heterocycles. The summed E-state index contributed by atoms with van der Waals surface area (Å²) in [6, 6.07) is 6.03. The van der Waals surface area contributed by atoms with Crippen LogP contribution in [0.25, 0.3) is 0 Å². The smallest absolute Gasteiger partial charge is 0.244 e. The molecule has 2 aliphatic rings. The van der Waals surface area contributed by atoms with E-state index in [1.54, 1.807) is 7.11 Å². The van der Waals surface area contributed by atoms with Gasteiger partial charge < -0.3 is 10.1 Å². The second-order valence-electron chi connectivity index (χ2n) is 4.96. The maximum atomic E-state index is 12.3. The molecule has 4 nitrogen and oxygen atoms in total. The number of carbonyl (C=O) groups is 1. The average molecular weight is 246 g/mol. The molecule has 1 spiro atoms. The summed E-state index contributed by atoms with van der Waals surface area (Å²) >= 11 is 0. The first-order valence-electron chi connectivity index (χ1n) is 6.47. The summed E-state index contributed by atoms with van der Waals surface area (Å²) in [7, 11) is 1.67. The molecule has 1 aliphatic carbocycles. The van der Waals surface area contributed by atoms with Gasteiger partial charge in [0, 0.05) is 13.1 Å². The minimum absolute atomic E-state index is 0.111. The lowest BCUT2D eigenvalue weighted by molar-refractivity contribution is -0.130. The summed E-state index contributed by atoms with van der Waals surface area (Å²) in [6.45, 7) is 1.54. The summed E-state index contributed by atoms with van der Waals surface area (Å²) in [5.74, 6) is 0.974. The van der Waals surface area contributed by atoms with Gasteiger partial charge in [0.15, 0.2) is 0 Å². The molecule has 1 aromatic carbocycles. The molecule has 0 saturated carbocycles. The fourth-order valence-electron chi connectivity index (χ4n) is 3.10. The molecule has 2 N–H and O–H groups in total. The van der Waals surface area contributed by atoms with Crippen molar-refractivity contribution in [2.24, 2.45) is 0 Å². The zero-order chi connectivity index (χ0) is 12.6. The highest BCUT2D eigenvalue weighted by atomic mass is 16.5. The molecule has 0 aromatic heterocycles. The van der Waals surface area contributed by atoms with Crippen molar-refractivity contribution >= 4 is 5.91 Å².